The average Bonchev–Trinajstić information content (AvgIpc) is 3.30. The van der Waals surface area contributed by atoms with E-state index in [9.17, 15) is 14.4 Å². The first kappa shape index (κ1) is 24.7. The van der Waals surface area contributed by atoms with Crippen LogP contribution in [-0.4, -0.2) is 70.9 Å². The molecular weight excluding hydrogens is 448 g/mol. The standard InChI is InChI=1S/C25H34N6O4/c1-3-17(2)26-23(32)21-16-35-22(29-21)15-30-11-13-31(14-12-30)24(33)18-7-9-20(10-8-18)28-25(34)27-19-5-4-6-19/h7-10,16-17,19H,3-6,11-15H2,1-2H3,(H,26,32)(H2,27,28,34). The number of hydrogen-bond donors (Lipinski definition) is 3. The van der Waals surface area contributed by atoms with Crippen molar-refractivity contribution in [3.8, 4) is 0 Å². The Labute approximate surface area is 205 Å². The number of urea groups is 1. The number of benzene rings is 1. The Bertz CT molecular complexity index is 1020. The summed E-state index contributed by atoms with van der Waals surface area (Å²) in [6.45, 7) is 6.98. The second-order valence-corrected chi connectivity index (χ2v) is 9.28. The SMILES string of the molecule is CCC(C)NC(=O)c1coc(CN2CCN(C(=O)c3ccc(NC(=O)NC4CCC4)cc3)CC2)n1. The average molecular weight is 483 g/mol. The number of nitrogens with zero attached hydrogens (tertiary/aromatic N) is 3. The molecule has 2 fully saturated rings. The summed E-state index contributed by atoms with van der Waals surface area (Å²) in [5, 5.41) is 8.62. The van der Waals surface area contributed by atoms with Crippen LogP contribution in [0.15, 0.2) is 34.9 Å². The highest BCUT2D eigenvalue weighted by Crippen LogP contribution is 2.19. The van der Waals surface area contributed by atoms with Crippen molar-refractivity contribution in [2.45, 2.75) is 58.2 Å². The molecule has 35 heavy (non-hydrogen) atoms. The first-order chi connectivity index (χ1) is 16.9. The van der Waals surface area contributed by atoms with Gasteiger partial charge in [-0.2, -0.15) is 0 Å². The zero-order valence-electron chi connectivity index (χ0n) is 20.4. The van der Waals surface area contributed by atoms with E-state index in [-0.39, 0.29) is 35.6 Å². The van der Waals surface area contributed by atoms with Gasteiger partial charge in [0.1, 0.15) is 6.26 Å². The topological polar surface area (TPSA) is 120 Å². The van der Waals surface area contributed by atoms with E-state index in [0.717, 1.165) is 25.7 Å². The van der Waals surface area contributed by atoms with E-state index >= 15 is 0 Å². The number of rotatable bonds is 8. The lowest BCUT2D eigenvalue weighted by molar-refractivity contribution is 0.0617. The zero-order valence-corrected chi connectivity index (χ0v) is 20.4. The largest absolute Gasteiger partial charge is 0.447 e. The molecule has 1 saturated heterocycles. The minimum atomic E-state index is -0.232. The molecule has 1 atom stereocenters. The highest BCUT2D eigenvalue weighted by atomic mass is 16.3. The second kappa shape index (κ2) is 11.4. The summed E-state index contributed by atoms with van der Waals surface area (Å²) in [5.41, 5.74) is 1.53. The Kier molecular flexibility index (Phi) is 8.02. The molecule has 10 nitrogen and oxygen atoms in total. The lowest BCUT2D eigenvalue weighted by Gasteiger charge is -2.34. The van der Waals surface area contributed by atoms with Gasteiger partial charge in [-0.05, 0) is 56.9 Å². The van der Waals surface area contributed by atoms with Gasteiger partial charge in [0.2, 0.25) is 5.89 Å². The molecule has 3 N–H and O–H groups in total. The molecule has 1 aromatic heterocycles. The van der Waals surface area contributed by atoms with Gasteiger partial charge in [-0.3, -0.25) is 14.5 Å². The van der Waals surface area contributed by atoms with E-state index in [1.54, 1.807) is 24.3 Å². The van der Waals surface area contributed by atoms with Gasteiger partial charge in [-0.1, -0.05) is 6.92 Å². The fraction of sp³-hybridized carbons (Fsp3) is 0.520. The van der Waals surface area contributed by atoms with Crippen molar-refractivity contribution in [1.82, 2.24) is 25.4 Å². The molecule has 2 aliphatic rings. The lowest BCUT2D eigenvalue weighted by atomic mass is 9.93. The molecule has 4 amide bonds. The number of amides is 4. The zero-order chi connectivity index (χ0) is 24.8. The summed E-state index contributed by atoms with van der Waals surface area (Å²) in [7, 11) is 0. The fourth-order valence-corrected chi connectivity index (χ4v) is 3.97. The van der Waals surface area contributed by atoms with E-state index in [0.29, 0.717) is 49.9 Å². The third-order valence-corrected chi connectivity index (χ3v) is 6.62. The molecule has 1 aliphatic carbocycles. The number of nitrogens with one attached hydrogen (secondary N) is 3. The molecule has 0 spiro atoms. The molecule has 2 heterocycles. The van der Waals surface area contributed by atoms with Gasteiger partial charge in [0.25, 0.3) is 11.8 Å². The van der Waals surface area contributed by atoms with Gasteiger partial charge in [-0.15, -0.1) is 0 Å². The minimum Gasteiger partial charge on any atom is -0.447 e. The van der Waals surface area contributed by atoms with Crippen LogP contribution in [0.2, 0.25) is 0 Å². The van der Waals surface area contributed by atoms with Gasteiger partial charge in [0.15, 0.2) is 5.69 Å². The van der Waals surface area contributed by atoms with Gasteiger partial charge in [0, 0.05) is 49.5 Å². The first-order valence-corrected chi connectivity index (χ1v) is 12.4. The molecule has 4 rings (SSSR count). The summed E-state index contributed by atoms with van der Waals surface area (Å²) in [4.78, 5) is 45.4. The fourth-order valence-electron chi connectivity index (χ4n) is 3.97. The lowest BCUT2D eigenvalue weighted by Crippen LogP contribution is -2.48. The third-order valence-electron chi connectivity index (χ3n) is 6.62. The second-order valence-electron chi connectivity index (χ2n) is 9.28. The van der Waals surface area contributed by atoms with Crippen LogP contribution in [0.5, 0.6) is 0 Å². The summed E-state index contributed by atoms with van der Waals surface area (Å²) in [5.74, 6) is 0.226. The maximum atomic E-state index is 12.9. The van der Waals surface area contributed by atoms with Crippen LogP contribution in [0.1, 0.15) is 66.3 Å². The summed E-state index contributed by atoms with van der Waals surface area (Å²) in [6.07, 6.45) is 5.46. The van der Waals surface area contributed by atoms with Crippen LogP contribution in [0.4, 0.5) is 10.5 Å². The van der Waals surface area contributed by atoms with Crippen LogP contribution >= 0.6 is 0 Å². The van der Waals surface area contributed by atoms with Crippen molar-refractivity contribution in [1.29, 1.82) is 0 Å². The number of carbonyl (C=O) groups is 3. The van der Waals surface area contributed by atoms with E-state index in [2.05, 4.69) is 25.8 Å². The molecule has 0 bridgehead atoms. The Morgan fingerprint density at radius 2 is 1.83 bits per heavy atom. The molecule has 2 aromatic rings. The molecule has 1 aromatic carbocycles. The maximum absolute atomic E-state index is 12.9. The van der Waals surface area contributed by atoms with E-state index in [1.165, 1.54) is 6.26 Å². The summed E-state index contributed by atoms with van der Waals surface area (Å²) < 4.78 is 5.49. The van der Waals surface area contributed by atoms with Crippen LogP contribution in [-0.2, 0) is 6.54 Å². The quantitative estimate of drug-likeness (QED) is 0.532. The van der Waals surface area contributed by atoms with E-state index < -0.39 is 0 Å². The minimum absolute atomic E-state index is 0.0322. The number of piperazine rings is 1. The van der Waals surface area contributed by atoms with Crippen LogP contribution in [0.25, 0.3) is 0 Å². The van der Waals surface area contributed by atoms with Crippen LogP contribution in [0.3, 0.4) is 0 Å². The number of hydrogen-bond acceptors (Lipinski definition) is 6. The third kappa shape index (κ3) is 6.60. The number of carbonyl (C=O) groups excluding carboxylic acids is 3. The molecular formula is C25H34N6O4. The van der Waals surface area contributed by atoms with Crippen LogP contribution < -0.4 is 16.0 Å². The van der Waals surface area contributed by atoms with Crippen LogP contribution in [0, 0.1) is 0 Å². The van der Waals surface area contributed by atoms with Gasteiger partial charge in [0.05, 0.1) is 6.54 Å². The Morgan fingerprint density at radius 1 is 1.11 bits per heavy atom. The highest BCUT2D eigenvalue weighted by molar-refractivity contribution is 5.95. The predicted octanol–water partition coefficient (Wildman–Crippen LogP) is 2.83. The van der Waals surface area contributed by atoms with E-state index in [1.807, 2.05) is 18.7 Å². The number of aromatic nitrogens is 1. The van der Waals surface area contributed by atoms with Crippen molar-refractivity contribution < 1.29 is 18.8 Å². The number of oxazole rings is 1. The normalized spacial score (nSPS) is 17.4. The van der Waals surface area contributed by atoms with Crippen molar-refractivity contribution in [3.63, 3.8) is 0 Å². The van der Waals surface area contributed by atoms with Crippen molar-refractivity contribution >= 4 is 23.5 Å². The molecule has 1 saturated carbocycles. The van der Waals surface area contributed by atoms with E-state index in [4.69, 9.17) is 4.42 Å². The molecule has 0 radical (unpaired) electrons. The molecule has 188 valence electrons. The monoisotopic (exact) mass is 482 g/mol. The predicted molar refractivity (Wildman–Crippen MR) is 131 cm³/mol. The molecule has 10 heteroatoms. The summed E-state index contributed by atoms with van der Waals surface area (Å²) in [6, 6.07) is 7.13. The van der Waals surface area contributed by atoms with Gasteiger partial charge in [-0.25, -0.2) is 9.78 Å². The smallest absolute Gasteiger partial charge is 0.319 e. The van der Waals surface area contributed by atoms with Gasteiger partial charge < -0.3 is 25.3 Å². The van der Waals surface area contributed by atoms with Crippen molar-refractivity contribution in [2.75, 3.05) is 31.5 Å². The Morgan fingerprint density at radius 3 is 2.46 bits per heavy atom. The van der Waals surface area contributed by atoms with Gasteiger partial charge >= 0.3 is 6.03 Å². The Balaban J connectivity index is 1.22. The molecule has 1 aliphatic heterocycles. The first-order valence-electron chi connectivity index (χ1n) is 12.4. The highest BCUT2D eigenvalue weighted by Gasteiger charge is 2.24. The molecule has 1 unspecified atom stereocenters. The Hall–Kier alpha value is -3.40. The maximum Gasteiger partial charge on any atom is 0.319 e. The van der Waals surface area contributed by atoms with Crippen molar-refractivity contribution in [2.24, 2.45) is 0 Å². The summed E-state index contributed by atoms with van der Waals surface area (Å²) >= 11 is 0. The van der Waals surface area contributed by atoms with Crippen molar-refractivity contribution in [3.05, 3.63) is 47.7 Å². The number of anilines is 1.